The summed E-state index contributed by atoms with van der Waals surface area (Å²) in [5.41, 5.74) is 7.69. The lowest BCUT2D eigenvalue weighted by Crippen LogP contribution is -2.07. The first-order valence-electron chi connectivity index (χ1n) is 5.80. The largest absolute Gasteiger partial charge is 0.465 e. The number of benzene rings is 1. The predicted molar refractivity (Wildman–Crippen MR) is 73.1 cm³/mol. The van der Waals surface area contributed by atoms with Crippen molar-refractivity contribution in [1.82, 2.24) is 0 Å². The minimum Gasteiger partial charge on any atom is -0.465 e. The van der Waals surface area contributed by atoms with Gasteiger partial charge in [-0.15, -0.1) is 0 Å². The second kappa shape index (κ2) is 8.01. The lowest BCUT2D eigenvalue weighted by atomic mass is 10.1. The highest BCUT2D eigenvalue weighted by Crippen LogP contribution is 2.10. The van der Waals surface area contributed by atoms with Crippen molar-refractivity contribution in [3.63, 3.8) is 0 Å². The zero-order valence-electron chi connectivity index (χ0n) is 10.1. The number of carbonyl (C=O) groups excluding carboxylic acids is 1. The van der Waals surface area contributed by atoms with Gasteiger partial charge in [-0.3, -0.25) is 4.79 Å². The van der Waals surface area contributed by atoms with Gasteiger partial charge in [-0.25, -0.2) is 0 Å². The number of anilines is 1. The molecule has 1 aromatic rings. The van der Waals surface area contributed by atoms with Gasteiger partial charge in [0, 0.05) is 5.69 Å². The van der Waals surface area contributed by atoms with Crippen LogP contribution >= 0.6 is 11.8 Å². The second-order valence-electron chi connectivity index (χ2n) is 3.70. The number of hydrogen-bond donors (Lipinski definition) is 1. The van der Waals surface area contributed by atoms with Crippen LogP contribution < -0.4 is 5.73 Å². The van der Waals surface area contributed by atoms with E-state index in [2.05, 4.69) is 0 Å². The lowest BCUT2D eigenvalue weighted by molar-refractivity contribution is -0.139. The molecule has 1 aromatic carbocycles. The molecule has 0 bridgehead atoms. The third-order valence-corrected chi connectivity index (χ3v) is 3.28. The molecule has 0 saturated heterocycles. The van der Waals surface area contributed by atoms with Gasteiger partial charge >= 0.3 is 5.97 Å². The maximum atomic E-state index is 11.1. The molecule has 0 aromatic heterocycles. The van der Waals surface area contributed by atoms with Gasteiger partial charge in [-0.1, -0.05) is 12.1 Å². The Morgan fingerprint density at radius 2 is 2.06 bits per heavy atom. The van der Waals surface area contributed by atoms with Crippen molar-refractivity contribution in [2.75, 3.05) is 23.8 Å². The Balaban J connectivity index is 2.08. The molecule has 0 aliphatic rings. The zero-order valence-corrected chi connectivity index (χ0v) is 11.0. The highest BCUT2D eigenvalue weighted by atomic mass is 32.2. The monoisotopic (exact) mass is 253 g/mol. The van der Waals surface area contributed by atoms with Crippen molar-refractivity contribution in [3.05, 3.63) is 29.8 Å². The number of carbonyl (C=O) groups is 1. The van der Waals surface area contributed by atoms with Crippen LogP contribution in [0.15, 0.2) is 24.3 Å². The summed E-state index contributed by atoms with van der Waals surface area (Å²) >= 11 is 1.62. The Labute approximate surface area is 107 Å². The first-order chi connectivity index (χ1) is 8.22. The summed E-state index contributed by atoms with van der Waals surface area (Å²) in [6.45, 7) is 2.29. The maximum Gasteiger partial charge on any atom is 0.315 e. The highest BCUT2D eigenvalue weighted by molar-refractivity contribution is 7.99. The summed E-state index contributed by atoms with van der Waals surface area (Å²) in [5, 5.41) is 0. The van der Waals surface area contributed by atoms with Crippen LogP contribution in [0, 0.1) is 0 Å². The summed E-state index contributed by atoms with van der Waals surface area (Å²) in [6.07, 6.45) is 2.09. The molecular weight excluding hydrogens is 234 g/mol. The highest BCUT2D eigenvalue weighted by Gasteiger charge is 2.01. The molecule has 94 valence electrons. The van der Waals surface area contributed by atoms with Crippen molar-refractivity contribution in [2.24, 2.45) is 0 Å². The fraction of sp³-hybridized carbons (Fsp3) is 0.462. The summed E-state index contributed by atoms with van der Waals surface area (Å²) in [4.78, 5) is 11.1. The molecule has 2 N–H and O–H groups in total. The Kier molecular flexibility index (Phi) is 6.55. The molecule has 3 nitrogen and oxygen atoms in total. The Morgan fingerprint density at radius 1 is 1.35 bits per heavy atom. The number of rotatable bonds is 7. The van der Waals surface area contributed by atoms with E-state index in [1.54, 1.807) is 11.8 Å². The van der Waals surface area contributed by atoms with Crippen molar-refractivity contribution in [2.45, 2.75) is 19.8 Å². The van der Waals surface area contributed by atoms with Gasteiger partial charge < -0.3 is 10.5 Å². The van der Waals surface area contributed by atoms with E-state index in [4.69, 9.17) is 10.5 Å². The van der Waals surface area contributed by atoms with Crippen molar-refractivity contribution in [3.8, 4) is 0 Å². The smallest absolute Gasteiger partial charge is 0.315 e. The molecule has 0 amide bonds. The fourth-order valence-corrected chi connectivity index (χ4v) is 2.16. The summed E-state index contributed by atoms with van der Waals surface area (Å²) in [6, 6.07) is 7.93. The third kappa shape index (κ3) is 6.22. The number of nitrogens with two attached hydrogens (primary N) is 1. The van der Waals surface area contributed by atoms with E-state index in [0.29, 0.717) is 12.4 Å². The number of esters is 1. The molecular formula is C13H19NO2S. The Bertz CT molecular complexity index is 338. The molecule has 0 fully saturated rings. The molecule has 0 unspecified atom stereocenters. The minimum atomic E-state index is -0.120. The zero-order chi connectivity index (χ0) is 12.5. The van der Waals surface area contributed by atoms with E-state index >= 15 is 0 Å². The quantitative estimate of drug-likeness (QED) is 0.461. The predicted octanol–water partition coefficient (Wildman–Crippen LogP) is 2.50. The van der Waals surface area contributed by atoms with Crippen LogP contribution in [0.5, 0.6) is 0 Å². The van der Waals surface area contributed by atoms with Crippen LogP contribution in [0.4, 0.5) is 5.69 Å². The fourth-order valence-electron chi connectivity index (χ4n) is 1.42. The Morgan fingerprint density at radius 3 is 2.71 bits per heavy atom. The second-order valence-corrected chi connectivity index (χ2v) is 4.81. The molecule has 0 aliphatic carbocycles. The lowest BCUT2D eigenvalue weighted by Gasteiger charge is -2.03. The number of aryl methyl sites for hydroxylation is 1. The number of ether oxygens (including phenoxy) is 1. The maximum absolute atomic E-state index is 11.1. The summed E-state index contributed by atoms with van der Waals surface area (Å²) in [7, 11) is 0. The number of hydrogen-bond acceptors (Lipinski definition) is 4. The standard InChI is InChI=1S/C13H19NO2S/c1-2-16-13(15)10-17-9-3-4-11-5-7-12(14)8-6-11/h5-8H,2-4,9-10,14H2,1H3. The van der Waals surface area contributed by atoms with Crippen molar-refractivity contribution < 1.29 is 9.53 Å². The van der Waals surface area contributed by atoms with E-state index in [0.717, 1.165) is 24.3 Å². The molecule has 17 heavy (non-hydrogen) atoms. The van der Waals surface area contributed by atoms with Gasteiger partial charge in [0.05, 0.1) is 12.4 Å². The molecule has 0 atom stereocenters. The van der Waals surface area contributed by atoms with E-state index < -0.39 is 0 Å². The van der Waals surface area contributed by atoms with Gasteiger partial charge in [-0.2, -0.15) is 11.8 Å². The Hall–Kier alpha value is -1.16. The van der Waals surface area contributed by atoms with Crippen LogP contribution in [0.25, 0.3) is 0 Å². The van der Waals surface area contributed by atoms with Gasteiger partial charge in [0.15, 0.2) is 0 Å². The van der Waals surface area contributed by atoms with E-state index in [-0.39, 0.29) is 5.97 Å². The normalized spacial score (nSPS) is 10.2. The molecule has 0 saturated carbocycles. The molecule has 0 radical (unpaired) electrons. The summed E-state index contributed by atoms with van der Waals surface area (Å²) < 4.78 is 4.85. The first kappa shape index (κ1) is 13.9. The number of thioether (sulfide) groups is 1. The first-order valence-corrected chi connectivity index (χ1v) is 6.95. The third-order valence-electron chi connectivity index (χ3n) is 2.26. The van der Waals surface area contributed by atoms with E-state index in [1.807, 2.05) is 31.2 Å². The molecule has 4 heteroatoms. The summed E-state index contributed by atoms with van der Waals surface area (Å²) in [5.74, 6) is 1.31. The van der Waals surface area contributed by atoms with Crippen molar-refractivity contribution >= 4 is 23.4 Å². The van der Waals surface area contributed by atoms with Gasteiger partial charge in [-0.05, 0) is 43.2 Å². The average molecular weight is 253 g/mol. The van der Waals surface area contributed by atoms with Gasteiger partial charge in [0.2, 0.25) is 0 Å². The topological polar surface area (TPSA) is 52.3 Å². The van der Waals surface area contributed by atoms with E-state index in [9.17, 15) is 4.79 Å². The number of nitrogen functional groups attached to an aromatic ring is 1. The molecule has 0 heterocycles. The molecule has 0 spiro atoms. The van der Waals surface area contributed by atoms with E-state index in [1.165, 1.54) is 5.56 Å². The van der Waals surface area contributed by atoms with Gasteiger partial charge in [0.25, 0.3) is 0 Å². The van der Waals surface area contributed by atoms with Crippen molar-refractivity contribution in [1.29, 1.82) is 0 Å². The van der Waals surface area contributed by atoms with Crippen LogP contribution in [-0.4, -0.2) is 24.1 Å². The van der Waals surface area contributed by atoms with Crippen LogP contribution in [0.2, 0.25) is 0 Å². The van der Waals surface area contributed by atoms with Crippen LogP contribution in [-0.2, 0) is 16.0 Å². The van der Waals surface area contributed by atoms with Crippen LogP contribution in [0.1, 0.15) is 18.9 Å². The van der Waals surface area contributed by atoms with Gasteiger partial charge in [0.1, 0.15) is 0 Å². The molecule has 1 rings (SSSR count). The SMILES string of the molecule is CCOC(=O)CSCCCc1ccc(N)cc1. The van der Waals surface area contributed by atoms with Crippen LogP contribution in [0.3, 0.4) is 0 Å². The molecule has 0 aliphatic heterocycles. The minimum absolute atomic E-state index is 0.120. The average Bonchev–Trinajstić information content (AvgIpc) is 2.31.